The highest BCUT2D eigenvalue weighted by molar-refractivity contribution is 9.10. The zero-order valence-corrected chi connectivity index (χ0v) is 18.6. The first kappa shape index (κ1) is 21.7. The van der Waals surface area contributed by atoms with Crippen molar-refractivity contribution in [2.24, 2.45) is 0 Å². The highest BCUT2D eigenvalue weighted by atomic mass is 79.9. The van der Waals surface area contributed by atoms with Gasteiger partial charge in [-0.3, -0.25) is 4.79 Å². The number of carbonyl (C=O) groups is 1. The van der Waals surface area contributed by atoms with E-state index < -0.39 is 0 Å². The lowest BCUT2D eigenvalue weighted by Crippen LogP contribution is -2.26. The molecule has 5 nitrogen and oxygen atoms in total. The first-order chi connectivity index (χ1) is 14.5. The maximum absolute atomic E-state index is 12.5. The number of para-hydroxylation sites is 1. The van der Waals surface area contributed by atoms with Crippen LogP contribution < -0.4 is 10.1 Å². The summed E-state index contributed by atoms with van der Waals surface area (Å²) in [4.78, 5) is 15.7. The van der Waals surface area contributed by atoms with Crippen molar-refractivity contribution in [3.63, 3.8) is 0 Å². The van der Waals surface area contributed by atoms with Crippen molar-refractivity contribution in [1.29, 1.82) is 5.26 Å². The van der Waals surface area contributed by atoms with Gasteiger partial charge >= 0.3 is 0 Å². The first-order valence-electron chi connectivity index (χ1n) is 9.93. The van der Waals surface area contributed by atoms with Crippen LogP contribution in [0.25, 0.3) is 17.0 Å². The molecule has 1 atom stereocenters. The Morgan fingerprint density at radius 2 is 2.13 bits per heavy atom. The third kappa shape index (κ3) is 5.31. The molecule has 30 heavy (non-hydrogen) atoms. The van der Waals surface area contributed by atoms with E-state index >= 15 is 0 Å². The number of carbonyl (C=O) groups excluding carboxylic acids is 1. The number of aromatic nitrogens is 1. The Hall–Kier alpha value is -3.04. The summed E-state index contributed by atoms with van der Waals surface area (Å²) < 4.78 is 6.62. The van der Waals surface area contributed by atoms with Gasteiger partial charge in [0.1, 0.15) is 17.4 Å². The summed E-state index contributed by atoms with van der Waals surface area (Å²) in [6.07, 6.45) is 5.24. The van der Waals surface area contributed by atoms with Crippen LogP contribution in [-0.2, 0) is 11.2 Å². The van der Waals surface area contributed by atoms with Gasteiger partial charge in [0.15, 0.2) is 0 Å². The molecule has 1 heterocycles. The highest BCUT2D eigenvalue weighted by Crippen LogP contribution is 2.28. The van der Waals surface area contributed by atoms with Crippen LogP contribution in [-0.4, -0.2) is 23.5 Å². The highest BCUT2D eigenvalue weighted by Gasteiger charge is 2.11. The van der Waals surface area contributed by atoms with Crippen LogP contribution >= 0.6 is 15.9 Å². The van der Waals surface area contributed by atoms with Crippen molar-refractivity contribution in [3.05, 3.63) is 69.8 Å². The van der Waals surface area contributed by atoms with Gasteiger partial charge in [0.25, 0.3) is 5.91 Å². The van der Waals surface area contributed by atoms with Crippen LogP contribution in [0.2, 0.25) is 0 Å². The number of benzene rings is 2. The summed E-state index contributed by atoms with van der Waals surface area (Å²) in [5, 5.41) is 13.4. The van der Waals surface area contributed by atoms with Gasteiger partial charge in [0.05, 0.1) is 10.6 Å². The van der Waals surface area contributed by atoms with Gasteiger partial charge < -0.3 is 15.0 Å². The largest absolute Gasteiger partial charge is 0.490 e. The molecular weight excluding hydrogens is 442 g/mol. The average Bonchev–Trinajstić information content (AvgIpc) is 3.16. The second-order valence-corrected chi connectivity index (χ2v) is 7.92. The van der Waals surface area contributed by atoms with Crippen LogP contribution in [0.4, 0.5) is 0 Å². The lowest BCUT2D eigenvalue weighted by atomic mass is 10.1. The Kier molecular flexibility index (Phi) is 7.31. The summed E-state index contributed by atoms with van der Waals surface area (Å²) >= 11 is 3.50. The van der Waals surface area contributed by atoms with E-state index in [9.17, 15) is 10.1 Å². The topological polar surface area (TPSA) is 77.9 Å². The number of ether oxygens (including phenoxy) is 1. The summed E-state index contributed by atoms with van der Waals surface area (Å²) in [5.74, 6) is 0.358. The number of hydrogen-bond acceptors (Lipinski definition) is 3. The van der Waals surface area contributed by atoms with E-state index in [-0.39, 0.29) is 17.6 Å². The van der Waals surface area contributed by atoms with Gasteiger partial charge in [-0.1, -0.05) is 31.2 Å². The van der Waals surface area contributed by atoms with Crippen LogP contribution in [0.1, 0.15) is 31.4 Å². The van der Waals surface area contributed by atoms with Crippen molar-refractivity contribution >= 4 is 38.8 Å². The molecular formula is C24H24BrN3O2. The van der Waals surface area contributed by atoms with E-state index in [2.05, 4.69) is 39.2 Å². The van der Waals surface area contributed by atoms with Crippen molar-refractivity contribution in [1.82, 2.24) is 10.3 Å². The second kappa shape index (κ2) is 10.1. The number of nitrogens with zero attached hydrogens (tertiary/aromatic N) is 1. The number of H-pyrrole nitrogens is 1. The molecule has 0 fully saturated rings. The zero-order chi connectivity index (χ0) is 21.5. The van der Waals surface area contributed by atoms with Crippen molar-refractivity contribution in [2.45, 2.75) is 32.8 Å². The summed E-state index contributed by atoms with van der Waals surface area (Å²) in [5.41, 5.74) is 3.02. The van der Waals surface area contributed by atoms with E-state index in [1.54, 1.807) is 6.08 Å². The molecule has 0 aliphatic carbocycles. The number of fused-ring (bicyclic) bond motifs is 1. The Balaban J connectivity index is 1.63. The summed E-state index contributed by atoms with van der Waals surface area (Å²) in [6.45, 7) is 4.52. The third-order valence-corrected chi connectivity index (χ3v) is 5.51. The lowest BCUT2D eigenvalue weighted by molar-refractivity contribution is -0.117. The number of amides is 1. The Bertz CT molecular complexity index is 1110. The number of nitrogens with one attached hydrogen (secondary N) is 2. The van der Waals surface area contributed by atoms with Gasteiger partial charge in [-0.15, -0.1) is 0 Å². The molecule has 0 aliphatic heterocycles. The lowest BCUT2D eigenvalue weighted by Gasteiger charge is -2.14. The third-order valence-electron chi connectivity index (χ3n) is 4.89. The SMILES string of the molecule is CC[C@@H](C)Oc1ccc(/C=C(/C#N)C(=O)NCCc2c[nH]c3ccccc23)cc1Br. The molecule has 0 radical (unpaired) electrons. The summed E-state index contributed by atoms with van der Waals surface area (Å²) in [7, 11) is 0. The molecule has 154 valence electrons. The van der Waals surface area contributed by atoms with Crippen LogP contribution in [0, 0.1) is 11.3 Å². The molecule has 0 unspecified atom stereocenters. The maximum Gasteiger partial charge on any atom is 0.261 e. The summed E-state index contributed by atoms with van der Waals surface area (Å²) in [6, 6.07) is 15.6. The predicted octanol–water partition coefficient (Wildman–Crippen LogP) is 5.37. The standard InChI is InChI=1S/C24H24BrN3O2/c1-3-16(2)30-23-9-8-17(13-21(23)25)12-19(14-26)24(29)27-11-10-18-15-28-22-7-5-4-6-20(18)22/h4-9,12-13,15-16,28H,3,10-11H2,1-2H3,(H,27,29)/b19-12-/t16-/m1/s1. The number of hydrogen-bond donors (Lipinski definition) is 2. The fraction of sp³-hybridized carbons (Fsp3) is 0.250. The van der Waals surface area contributed by atoms with Crippen LogP contribution in [0.3, 0.4) is 0 Å². The van der Waals surface area contributed by atoms with Crippen molar-refractivity contribution < 1.29 is 9.53 Å². The van der Waals surface area contributed by atoms with Gasteiger partial charge in [-0.25, -0.2) is 0 Å². The van der Waals surface area contributed by atoms with Crippen LogP contribution in [0.5, 0.6) is 5.75 Å². The monoisotopic (exact) mass is 465 g/mol. The molecule has 1 amide bonds. The second-order valence-electron chi connectivity index (χ2n) is 7.06. The van der Waals surface area contributed by atoms with Crippen molar-refractivity contribution in [2.75, 3.05) is 6.54 Å². The molecule has 2 N–H and O–H groups in total. The van der Waals surface area contributed by atoms with E-state index in [1.165, 1.54) is 0 Å². The number of halogens is 1. The molecule has 6 heteroatoms. The molecule has 1 aromatic heterocycles. The normalized spacial score (nSPS) is 12.4. The van der Waals surface area contributed by atoms with Crippen LogP contribution in [0.15, 0.2) is 58.7 Å². The number of aromatic amines is 1. The fourth-order valence-corrected chi connectivity index (χ4v) is 3.55. The van der Waals surface area contributed by atoms with Crippen molar-refractivity contribution in [3.8, 4) is 11.8 Å². The van der Waals surface area contributed by atoms with E-state index in [0.29, 0.717) is 13.0 Å². The Labute approximate surface area is 184 Å². The molecule has 3 rings (SSSR count). The molecule has 0 saturated carbocycles. The minimum absolute atomic E-state index is 0.0661. The molecule has 0 spiro atoms. The van der Waals surface area contributed by atoms with E-state index in [1.807, 2.05) is 55.6 Å². The fourth-order valence-electron chi connectivity index (χ4n) is 3.06. The molecule has 0 bridgehead atoms. The molecule has 2 aromatic carbocycles. The smallest absolute Gasteiger partial charge is 0.261 e. The van der Waals surface area contributed by atoms with Gasteiger partial charge in [-0.05, 0) is 71.1 Å². The Morgan fingerprint density at radius 3 is 2.87 bits per heavy atom. The Morgan fingerprint density at radius 1 is 1.33 bits per heavy atom. The first-order valence-corrected chi connectivity index (χ1v) is 10.7. The van der Waals surface area contributed by atoms with E-state index in [4.69, 9.17) is 4.74 Å². The minimum atomic E-state index is -0.381. The predicted molar refractivity (Wildman–Crippen MR) is 123 cm³/mol. The minimum Gasteiger partial charge on any atom is -0.490 e. The average molecular weight is 466 g/mol. The van der Waals surface area contributed by atoms with Gasteiger partial charge in [0, 0.05) is 23.6 Å². The van der Waals surface area contributed by atoms with Gasteiger partial charge in [-0.2, -0.15) is 5.26 Å². The van der Waals surface area contributed by atoms with E-state index in [0.717, 1.165) is 38.7 Å². The molecule has 0 aliphatic rings. The quantitative estimate of drug-likeness (QED) is 0.346. The zero-order valence-electron chi connectivity index (χ0n) is 17.0. The number of nitriles is 1. The molecule has 0 saturated heterocycles. The maximum atomic E-state index is 12.5. The van der Waals surface area contributed by atoms with Gasteiger partial charge in [0.2, 0.25) is 0 Å². The number of rotatable bonds is 8. The molecule has 3 aromatic rings.